The minimum absolute atomic E-state index is 0.0861. The Kier molecular flexibility index (Phi) is 46.2. The van der Waals surface area contributed by atoms with Gasteiger partial charge in [-0.2, -0.15) is 0 Å². The van der Waals surface area contributed by atoms with E-state index in [9.17, 15) is 9.18 Å². The normalized spacial score (nSPS) is 11.4. The Morgan fingerprint density at radius 3 is 0.863 bits per heavy atom. The van der Waals surface area contributed by atoms with E-state index < -0.39 is 5.97 Å². The highest BCUT2D eigenvalue weighted by atomic mass is 19.1. The molecule has 0 heterocycles. The first-order valence-electron chi connectivity index (χ1n) is 34.6. The molecule has 0 unspecified atom stereocenters. The van der Waals surface area contributed by atoms with Crippen LogP contribution in [-0.4, -0.2) is 25.8 Å². The van der Waals surface area contributed by atoms with Gasteiger partial charge in [0.25, 0.3) is 0 Å². The van der Waals surface area contributed by atoms with E-state index in [1.807, 2.05) is 24.3 Å². The fraction of sp³-hybridized carbons (Fsp3) is 0.743. The van der Waals surface area contributed by atoms with Gasteiger partial charge in [0.1, 0.15) is 12.4 Å². The highest BCUT2D eigenvalue weighted by Crippen LogP contribution is 2.40. The second kappa shape index (κ2) is 52.3. The molecule has 3 aromatic rings. The lowest BCUT2D eigenvalue weighted by Gasteiger charge is -2.19. The summed E-state index contributed by atoms with van der Waals surface area (Å²) in [4.78, 5) is 13.5. The van der Waals surface area contributed by atoms with Crippen molar-refractivity contribution in [1.29, 1.82) is 0 Å². The number of carbonyl (C=O) groups excluding carboxylic acids is 1. The largest absolute Gasteiger partial charge is 0.490 e. The Morgan fingerprint density at radius 1 is 0.325 bits per heavy atom. The number of carbonyl (C=O) groups is 1. The van der Waals surface area contributed by atoms with Gasteiger partial charge in [-0.15, -0.1) is 0 Å². The van der Waals surface area contributed by atoms with Gasteiger partial charge in [0.05, 0.1) is 25.4 Å². The standard InChI is InChI=1S/C74H123FO5/c1-4-7-10-13-16-19-22-25-28-31-34-37-40-43-46-49-60-77-71-63-66(65-80-74(76)69-54-52-67(53-55-69)68-56-58-70(75)59-57-68)64-72(78-61-50-47-44-41-38-35-32-29-26-23-20-17-14-11-8-5-2)73(71)79-62-51-48-45-42-39-36-33-30-27-24-21-18-15-12-9-6-3/h52-59,63-64H,4-51,60-62,65H2,1-3H3. The zero-order chi connectivity index (χ0) is 56.9. The lowest BCUT2D eigenvalue weighted by Crippen LogP contribution is -2.09. The summed E-state index contributed by atoms with van der Waals surface area (Å²) in [6, 6.07) is 17.7. The zero-order valence-electron chi connectivity index (χ0n) is 52.5. The first-order valence-corrected chi connectivity index (χ1v) is 34.6. The van der Waals surface area contributed by atoms with Crippen LogP contribution < -0.4 is 14.2 Å². The van der Waals surface area contributed by atoms with Gasteiger partial charge in [-0.05, 0) is 72.4 Å². The van der Waals surface area contributed by atoms with Crippen LogP contribution in [-0.2, 0) is 11.3 Å². The van der Waals surface area contributed by atoms with E-state index in [0.29, 0.717) is 42.6 Å². The third-order valence-corrected chi connectivity index (χ3v) is 16.5. The summed E-state index contributed by atoms with van der Waals surface area (Å²) in [6.45, 7) is 8.80. The molecule has 0 bridgehead atoms. The van der Waals surface area contributed by atoms with E-state index in [-0.39, 0.29) is 12.4 Å². The lowest BCUT2D eigenvalue weighted by atomic mass is 10.0. The lowest BCUT2D eigenvalue weighted by molar-refractivity contribution is 0.0471. The highest BCUT2D eigenvalue weighted by molar-refractivity contribution is 5.90. The minimum Gasteiger partial charge on any atom is -0.490 e. The number of unbranched alkanes of at least 4 members (excludes halogenated alkanes) is 45. The van der Waals surface area contributed by atoms with Crippen molar-refractivity contribution < 1.29 is 28.1 Å². The van der Waals surface area contributed by atoms with Crippen molar-refractivity contribution in [3.05, 3.63) is 77.6 Å². The van der Waals surface area contributed by atoms with Crippen LogP contribution in [0.2, 0.25) is 0 Å². The molecule has 3 aromatic carbocycles. The van der Waals surface area contributed by atoms with E-state index in [1.165, 1.54) is 282 Å². The molecule has 5 nitrogen and oxygen atoms in total. The van der Waals surface area contributed by atoms with Gasteiger partial charge in [0, 0.05) is 0 Å². The Hall–Kier alpha value is -3.54. The Morgan fingerprint density at radius 2 is 0.575 bits per heavy atom. The molecule has 0 spiro atoms. The fourth-order valence-corrected chi connectivity index (χ4v) is 11.2. The molecular formula is C74H123FO5. The molecule has 6 heteroatoms. The molecule has 0 fully saturated rings. The van der Waals surface area contributed by atoms with Crippen molar-refractivity contribution in [1.82, 2.24) is 0 Å². The average Bonchev–Trinajstić information content (AvgIpc) is 3.47. The van der Waals surface area contributed by atoms with E-state index >= 15 is 0 Å². The van der Waals surface area contributed by atoms with Crippen molar-refractivity contribution in [2.75, 3.05) is 19.8 Å². The molecule has 0 aliphatic rings. The van der Waals surface area contributed by atoms with Crippen molar-refractivity contribution in [2.24, 2.45) is 0 Å². The Balaban J connectivity index is 1.55. The van der Waals surface area contributed by atoms with Crippen LogP contribution in [0.15, 0.2) is 60.7 Å². The van der Waals surface area contributed by atoms with Crippen molar-refractivity contribution in [3.63, 3.8) is 0 Å². The molecule has 80 heavy (non-hydrogen) atoms. The van der Waals surface area contributed by atoms with Gasteiger partial charge in [0.2, 0.25) is 5.75 Å². The molecular weight excluding hydrogens is 988 g/mol. The molecule has 0 N–H and O–H groups in total. The summed E-state index contributed by atoms with van der Waals surface area (Å²) >= 11 is 0. The van der Waals surface area contributed by atoms with Crippen molar-refractivity contribution in [2.45, 2.75) is 336 Å². The summed E-state index contributed by atoms with van der Waals surface area (Å²) in [5, 5.41) is 0. The maximum absolute atomic E-state index is 13.6. The third-order valence-electron chi connectivity index (χ3n) is 16.5. The molecule has 456 valence electrons. The van der Waals surface area contributed by atoms with E-state index in [0.717, 1.165) is 55.2 Å². The summed E-state index contributed by atoms with van der Waals surface area (Å²) in [6.07, 6.45) is 64.0. The summed E-state index contributed by atoms with van der Waals surface area (Å²) in [7, 11) is 0. The quantitative estimate of drug-likeness (QED) is 0.0416. The number of hydrogen-bond acceptors (Lipinski definition) is 5. The average molecular weight is 1110 g/mol. The van der Waals surface area contributed by atoms with Crippen LogP contribution in [0.25, 0.3) is 11.1 Å². The monoisotopic (exact) mass is 1110 g/mol. The van der Waals surface area contributed by atoms with Gasteiger partial charge in [-0.25, -0.2) is 9.18 Å². The maximum Gasteiger partial charge on any atom is 0.338 e. The van der Waals surface area contributed by atoms with Crippen LogP contribution in [0.1, 0.15) is 345 Å². The van der Waals surface area contributed by atoms with Crippen LogP contribution in [0.4, 0.5) is 4.39 Å². The minimum atomic E-state index is -0.397. The van der Waals surface area contributed by atoms with Gasteiger partial charge in [0.15, 0.2) is 11.5 Å². The molecule has 0 radical (unpaired) electrons. The zero-order valence-corrected chi connectivity index (χ0v) is 52.5. The second-order valence-corrected chi connectivity index (χ2v) is 24.0. The van der Waals surface area contributed by atoms with E-state index in [2.05, 4.69) is 20.8 Å². The molecule has 0 aliphatic carbocycles. The molecule has 0 aliphatic heterocycles. The molecule has 3 rings (SSSR count). The SMILES string of the molecule is CCCCCCCCCCCCCCCCCCOc1cc(COC(=O)c2ccc(-c3ccc(F)cc3)cc2)cc(OCCCCCCCCCCCCCCCCCC)c1OCCCCCCCCCCCCCCCCCC. The molecule has 0 saturated heterocycles. The van der Waals surface area contributed by atoms with Crippen LogP contribution in [0.3, 0.4) is 0 Å². The molecule has 0 amide bonds. The van der Waals surface area contributed by atoms with Gasteiger partial charge < -0.3 is 18.9 Å². The van der Waals surface area contributed by atoms with Gasteiger partial charge in [-0.3, -0.25) is 0 Å². The predicted octanol–water partition coefficient (Wildman–Crippen LogP) is 24.8. The number of benzene rings is 3. The second-order valence-electron chi connectivity index (χ2n) is 24.0. The number of rotatable bonds is 58. The summed E-state index contributed by atoms with van der Waals surface area (Å²) < 4.78 is 39.5. The van der Waals surface area contributed by atoms with Gasteiger partial charge in [-0.1, -0.05) is 334 Å². The molecule has 0 atom stereocenters. The van der Waals surface area contributed by atoms with E-state index in [1.54, 1.807) is 24.3 Å². The van der Waals surface area contributed by atoms with Crippen molar-refractivity contribution in [3.8, 4) is 28.4 Å². The van der Waals surface area contributed by atoms with Gasteiger partial charge >= 0.3 is 5.97 Å². The summed E-state index contributed by atoms with van der Waals surface area (Å²) in [5.74, 6) is 1.38. The Bertz CT molecular complexity index is 1770. The fourth-order valence-electron chi connectivity index (χ4n) is 11.2. The first-order chi connectivity index (χ1) is 39.5. The number of hydrogen-bond donors (Lipinski definition) is 0. The topological polar surface area (TPSA) is 54.0 Å². The number of esters is 1. The van der Waals surface area contributed by atoms with Crippen molar-refractivity contribution >= 4 is 5.97 Å². The number of halogens is 1. The molecule has 0 aromatic heterocycles. The van der Waals surface area contributed by atoms with Crippen LogP contribution >= 0.6 is 0 Å². The third kappa shape index (κ3) is 38.3. The summed E-state index contributed by atoms with van der Waals surface area (Å²) in [5.41, 5.74) is 3.09. The smallest absolute Gasteiger partial charge is 0.338 e. The Labute approximate surface area is 493 Å². The first kappa shape index (κ1) is 70.7. The maximum atomic E-state index is 13.6. The predicted molar refractivity (Wildman–Crippen MR) is 343 cm³/mol. The number of ether oxygens (including phenoxy) is 4. The highest BCUT2D eigenvalue weighted by Gasteiger charge is 2.18. The van der Waals surface area contributed by atoms with Crippen LogP contribution in [0, 0.1) is 5.82 Å². The molecule has 0 saturated carbocycles. The van der Waals surface area contributed by atoms with E-state index in [4.69, 9.17) is 18.9 Å². The van der Waals surface area contributed by atoms with Crippen LogP contribution in [0.5, 0.6) is 17.2 Å².